The van der Waals surface area contributed by atoms with E-state index in [1.54, 1.807) is 0 Å². The van der Waals surface area contributed by atoms with Gasteiger partial charge in [-0.05, 0) is 37.7 Å². The van der Waals surface area contributed by atoms with Crippen molar-refractivity contribution >= 4 is 0 Å². The fraction of sp³-hybridized carbons (Fsp3) is 0.579. The van der Waals surface area contributed by atoms with E-state index in [0.29, 0.717) is 0 Å². The van der Waals surface area contributed by atoms with Crippen molar-refractivity contribution < 1.29 is 0 Å². The Morgan fingerprint density at radius 3 is 2.30 bits per heavy atom. The summed E-state index contributed by atoms with van der Waals surface area (Å²) in [5.41, 5.74) is 8.15. The highest BCUT2D eigenvalue weighted by molar-refractivity contribution is 5.27. The van der Waals surface area contributed by atoms with Gasteiger partial charge in [-0.15, -0.1) is 6.58 Å². The predicted molar refractivity (Wildman–Crippen MR) is 90.0 cm³/mol. The molecule has 1 atom stereocenters. The minimum Gasteiger partial charge on any atom is -0.327 e. The first-order valence-electron chi connectivity index (χ1n) is 8.13. The standard InChI is InChI=1S/C19H31N/c1-4-7-8-9-13-16-18(20)19(5-2,6-3)17-14-11-10-12-15-17/h4,10-12,14-15,18H,1,5-9,13,16,20H2,2-3H3. The number of benzene rings is 1. The highest BCUT2D eigenvalue weighted by Gasteiger charge is 2.34. The molecule has 0 aromatic heterocycles. The number of rotatable bonds is 10. The van der Waals surface area contributed by atoms with Gasteiger partial charge in [-0.2, -0.15) is 0 Å². The Hall–Kier alpha value is -1.08. The Balaban J connectivity index is 2.67. The molecular formula is C19H31N. The van der Waals surface area contributed by atoms with E-state index in [1.807, 2.05) is 6.08 Å². The fourth-order valence-electron chi connectivity index (χ4n) is 3.27. The van der Waals surface area contributed by atoms with Gasteiger partial charge in [-0.1, -0.05) is 63.1 Å². The fourth-order valence-corrected chi connectivity index (χ4v) is 3.27. The molecule has 0 fully saturated rings. The van der Waals surface area contributed by atoms with Crippen LogP contribution in [0.2, 0.25) is 0 Å². The quantitative estimate of drug-likeness (QED) is 0.459. The smallest absolute Gasteiger partial charge is 0.0136 e. The third kappa shape index (κ3) is 4.21. The predicted octanol–water partition coefficient (Wildman–Crippen LogP) is 5.21. The Bertz CT molecular complexity index is 365. The lowest BCUT2D eigenvalue weighted by molar-refractivity contribution is 0.297. The zero-order chi connectivity index (χ0) is 14.8. The SMILES string of the molecule is C=CCCCCCC(N)C(CC)(CC)c1ccccc1. The Morgan fingerprint density at radius 2 is 1.75 bits per heavy atom. The molecule has 0 bridgehead atoms. The van der Waals surface area contributed by atoms with Crippen LogP contribution < -0.4 is 5.73 Å². The molecule has 0 aliphatic rings. The third-order valence-corrected chi connectivity index (χ3v) is 4.74. The summed E-state index contributed by atoms with van der Waals surface area (Å²) in [4.78, 5) is 0. The van der Waals surface area contributed by atoms with Crippen molar-refractivity contribution in [2.45, 2.75) is 70.3 Å². The van der Waals surface area contributed by atoms with Gasteiger partial charge in [0.15, 0.2) is 0 Å². The second-order valence-corrected chi connectivity index (χ2v) is 5.76. The molecule has 1 aromatic carbocycles. The second-order valence-electron chi connectivity index (χ2n) is 5.76. The number of hydrogen-bond acceptors (Lipinski definition) is 1. The van der Waals surface area contributed by atoms with Gasteiger partial charge in [0.2, 0.25) is 0 Å². The molecular weight excluding hydrogens is 242 g/mol. The first-order chi connectivity index (χ1) is 9.71. The molecule has 1 rings (SSSR count). The molecule has 20 heavy (non-hydrogen) atoms. The molecule has 1 nitrogen and oxygen atoms in total. The van der Waals surface area contributed by atoms with Gasteiger partial charge in [-0.3, -0.25) is 0 Å². The van der Waals surface area contributed by atoms with E-state index in [4.69, 9.17) is 5.73 Å². The molecule has 0 saturated heterocycles. The normalized spacial score (nSPS) is 13.2. The maximum atomic E-state index is 6.60. The molecule has 0 aliphatic heterocycles. The number of allylic oxidation sites excluding steroid dienone is 1. The van der Waals surface area contributed by atoms with Crippen LogP contribution in [0.25, 0.3) is 0 Å². The van der Waals surface area contributed by atoms with Crippen molar-refractivity contribution in [1.82, 2.24) is 0 Å². The lowest BCUT2D eigenvalue weighted by atomic mass is 9.69. The van der Waals surface area contributed by atoms with Crippen molar-refractivity contribution in [3.8, 4) is 0 Å². The lowest BCUT2D eigenvalue weighted by Gasteiger charge is -2.38. The Labute approximate surface area is 125 Å². The van der Waals surface area contributed by atoms with Gasteiger partial charge in [0.05, 0.1) is 0 Å². The van der Waals surface area contributed by atoms with Crippen LogP contribution in [0.5, 0.6) is 0 Å². The van der Waals surface area contributed by atoms with Crippen LogP contribution >= 0.6 is 0 Å². The highest BCUT2D eigenvalue weighted by atomic mass is 14.7. The largest absolute Gasteiger partial charge is 0.327 e. The molecule has 1 unspecified atom stereocenters. The summed E-state index contributed by atoms with van der Waals surface area (Å²) < 4.78 is 0. The summed E-state index contributed by atoms with van der Waals surface area (Å²) in [6, 6.07) is 11.1. The molecule has 0 spiro atoms. The van der Waals surface area contributed by atoms with Crippen molar-refractivity contribution in [3.05, 3.63) is 48.6 Å². The number of unbranched alkanes of at least 4 members (excludes halogenated alkanes) is 3. The molecule has 1 aromatic rings. The van der Waals surface area contributed by atoms with Gasteiger partial charge in [0.1, 0.15) is 0 Å². The van der Waals surface area contributed by atoms with Gasteiger partial charge >= 0.3 is 0 Å². The van der Waals surface area contributed by atoms with E-state index in [2.05, 4.69) is 50.8 Å². The molecule has 2 N–H and O–H groups in total. The zero-order valence-electron chi connectivity index (χ0n) is 13.3. The summed E-state index contributed by atoms with van der Waals surface area (Å²) >= 11 is 0. The maximum absolute atomic E-state index is 6.60. The van der Waals surface area contributed by atoms with Crippen molar-refractivity contribution in [2.24, 2.45) is 5.73 Å². The van der Waals surface area contributed by atoms with Crippen LogP contribution in [0.15, 0.2) is 43.0 Å². The molecule has 0 radical (unpaired) electrons. The molecule has 0 heterocycles. The highest BCUT2D eigenvalue weighted by Crippen LogP contribution is 2.36. The first kappa shape index (κ1) is 17.0. The Morgan fingerprint density at radius 1 is 1.10 bits per heavy atom. The van der Waals surface area contributed by atoms with E-state index in [1.165, 1.54) is 24.8 Å². The average molecular weight is 273 g/mol. The van der Waals surface area contributed by atoms with E-state index < -0.39 is 0 Å². The molecule has 0 amide bonds. The topological polar surface area (TPSA) is 26.0 Å². The lowest BCUT2D eigenvalue weighted by Crippen LogP contribution is -2.44. The van der Waals surface area contributed by atoms with Crippen LogP contribution in [0.1, 0.15) is 64.4 Å². The van der Waals surface area contributed by atoms with Crippen molar-refractivity contribution in [3.63, 3.8) is 0 Å². The van der Waals surface area contributed by atoms with E-state index in [-0.39, 0.29) is 11.5 Å². The third-order valence-electron chi connectivity index (χ3n) is 4.74. The molecule has 0 saturated carbocycles. The van der Waals surface area contributed by atoms with Gasteiger partial charge in [0, 0.05) is 11.5 Å². The summed E-state index contributed by atoms with van der Waals surface area (Å²) in [6.45, 7) is 8.32. The van der Waals surface area contributed by atoms with Crippen LogP contribution in [0.3, 0.4) is 0 Å². The second kappa shape index (κ2) is 8.97. The summed E-state index contributed by atoms with van der Waals surface area (Å²) in [6.07, 6.45) is 10.2. The Kier molecular flexibility index (Phi) is 7.61. The molecule has 0 aliphatic carbocycles. The van der Waals surface area contributed by atoms with Gasteiger partial charge in [0.25, 0.3) is 0 Å². The van der Waals surface area contributed by atoms with Crippen molar-refractivity contribution in [2.75, 3.05) is 0 Å². The summed E-state index contributed by atoms with van der Waals surface area (Å²) in [7, 11) is 0. The molecule has 1 heteroatoms. The average Bonchev–Trinajstić information content (AvgIpc) is 2.50. The zero-order valence-corrected chi connectivity index (χ0v) is 13.3. The van der Waals surface area contributed by atoms with Crippen LogP contribution in [0, 0.1) is 0 Å². The van der Waals surface area contributed by atoms with E-state index in [0.717, 1.165) is 25.7 Å². The van der Waals surface area contributed by atoms with Gasteiger partial charge in [-0.25, -0.2) is 0 Å². The molecule has 112 valence electrons. The van der Waals surface area contributed by atoms with Crippen molar-refractivity contribution in [1.29, 1.82) is 0 Å². The number of nitrogens with two attached hydrogens (primary N) is 1. The summed E-state index contributed by atoms with van der Waals surface area (Å²) in [5.74, 6) is 0. The summed E-state index contributed by atoms with van der Waals surface area (Å²) in [5, 5.41) is 0. The van der Waals surface area contributed by atoms with Gasteiger partial charge < -0.3 is 5.73 Å². The monoisotopic (exact) mass is 273 g/mol. The minimum atomic E-state index is 0.139. The first-order valence-corrected chi connectivity index (χ1v) is 8.13. The van der Waals surface area contributed by atoms with E-state index >= 15 is 0 Å². The maximum Gasteiger partial charge on any atom is 0.0136 e. The van der Waals surface area contributed by atoms with E-state index in [9.17, 15) is 0 Å². The number of hydrogen-bond donors (Lipinski definition) is 1. The van der Waals surface area contributed by atoms with Crippen LogP contribution in [-0.2, 0) is 5.41 Å². The minimum absolute atomic E-state index is 0.139. The van der Waals surface area contributed by atoms with Crippen LogP contribution in [-0.4, -0.2) is 6.04 Å². The van der Waals surface area contributed by atoms with Crippen LogP contribution in [0.4, 0.5) is 0 Å².